The zero-order chi connectivity index (χ0) is 4.24. The van der Waals surface area contributed by atoms with E-state index in [-0.39, 0.29) is 71.9 Å². The first-order chi connectivity index (χ1) is 3.00. The third kappa shape index (κ3) is 22.5. The van der Waals surface area contributed by atoms with E-state index in [0.29, 0.717) is 0 Å². The van der Waals surface area contributed by atoms with Gasteiger partial charge in [0.2, 0.25) is 0 Å². The van der Waals surface area contributed by atoms with Gasteiger partial charge in [0.25, 0.3) is 0 Å². The van der Waals surface area contributed by atoms with Crippen molar-refractivity contribution in [3.63, 3.8) is 0 Å². The van der Waals surface area contributed by atoms with Crippen LogP contribution < -0.4 is 0 Å². The first-order valence-corrected chi connectivity index (χ1v) is 1.85. The van der Waals surface area contributed by atoms with Crippen molar-refractivity contribution in [1.29, 1.82) is 0 Å². The van der Waals surface area contributed by atoms with Gasteiger partial charge >= 0.3 is 0 Å². The average molecular weight is 295 g/mol. The van der Waals surface area contributed by atoms with Crippen molar-refractivity contribution in [3.05, 3.63) is 30.6 Å². The smallest absolute Gasteiger partial charge is 0.0267 e. The summed E-state index contributed by atoms with van der Waals surface area (Å²) in [5.74, 6) is 0. The predicted molar refractivity (Wildman–Crippen MR) is 71.6 cm³/mol. The highest BCUT2D eigenvalue weighted by Crippen LogP contribution is 1.73. The summed E-state index contributed by atoms with van der Waals surface area (Å²) in [6.07, 6.45) is 3.50. The highest BCUT2D eigenvalue weighted by atomic mass is 35.5. The Kier molecular flexibility index (Phi) is 94.2. The van der Waals surface area contributed by atoms with Crippen molar-refractivity contribution in [2.45, 2.75) is 0 Å². The monoisotopic (exact) mass is 293 g/mol. The third-order valence-electron chi connectivity index (χ3n) is 0.566. The molecule has 0 radical (unpaired) electrons. The van der Waals surface area contributed by atoms with Gasteiger partial charge in [0.05, 0.1) is 0 Å². The van der Waals surface area contributed by atoms with E-state index in [1.165, 1.54) is 0 Å². The van der Waals surface area contributed by atoms with Crippen LogP contribution in [0, 0.1) is 0 Å². The molecule has 0 saturated carbocycles. The minimum Gasteiger partial charge on any atom is -0.265 e. The summed E-state index contributed by atoms with van der Waals surface area (Å²) in [4.78, 5) is 3.78. The Bertz CT molecular complexity index is 91.8. The Labute approximate surface area is 107 Å². The van der Waals surface area contributed by atoms with Crippen LogP contribution in [0.1, 0.15) is 0 Å². The highest BCUT2D eigenvalue weighted by Gasteiger charge is 1.58. The molecular weight excluding hydrogens is 282 g/mol. The number of halogens is 5. The summed E-state index contributed by atoms with van der Waals surface area (Å²) in [6, 6.07) is 5.72. The van der Waals surface area contributed by atoms with E-state index in [1.54, 1.807) is 12.4 Å². The van der Waals surface area contributed by atoms with Gasteiger partial charge in [-0.25, -0.2) is 0 Å². The maximum Gasteiger partial charge on any atom is 0.0267 e. The number of hydrogen-bond donors (Lipinski definition) is 0. The van der Waals surface area contributed by atoms with Crippen molar-refractivity contribution in [1.82, 2.24) is 4.98 Å². The maximum atomic E-state index is 3.78. The summed E-state index contributed by atoms with van der Waals surface area (Å²) in [5.41, 5.74) is 0. The van der Waals surface area contributed by atoms with Crippen LogP contribution in [0.2, 0.25) is 0 Å². The Morgan fingerprint density at radius 2 is 0.917 bits per heavy atom. The quantitative estimate of drug-likeness (QED) is 0.670. The minimum atomic E-state index is 0. The molecule has 1 nitrogen and oxygen atoms in total. The zero-order valence-corrected chi connectivity index (χ0v) is 11.6. The van der Waals surface area contributed by atoms with E-state index in [0.717, 1.165) is 0 Å². The van der Waals surface area contributed by atoms with Crippen LogP contribution >= 0.6 is 71.9 Å². The van der Waals surface area contributed by atoms with E-state index in [9.17, 15) is 0 Å². The normalized spacial score (nSPS) is 4.00. The molecule has 0 aliphatic heterocycles. The lowest BCUT2D eigenvalue weighted by Gasteiger charge is -1.70. The average Bonchev–Trinajstić information content (AvgIpc) is 1.72. The number of pyridine rings is 1. The summed E-state index contributed by atoms with van der Waals surface area (Å²) < 4.78 is 0. The van der Waals surface area contributed by atoms with Crippen LogP contribution in [0.15, 0.2) is 30.6 Å². The number of rotatable bonds is 0. The van der Waals surface area contributed by atoms with Crippen LogP contribution in [-0.2, 0) is 0 Å². The first-order valence-electron chi connectivity index (χ1n) is 1.85. The lowest BCUT2D eigenvalue weighted by Crippen LogP contribution is -1.58. The van der Waals surface area contributed by atoms with Crippen molar-refractivity contribution in [2.75, 3.05) is 0 Å². The number of nitrogens with zero attached hydrogens (tertiary/aromatic N) is 1. The molecule has 0 aromatic carbocycles. The van der Waals surface area contributed by atoms with Crippen molar-refractivity contribution < 1.29 is 0 Å². The molecule has 0 bridgehead atoms. The molecule has 0 aliphatic rings. The number of hydrogen-bond acceptors (Lipinski definition) is 1. The van der Waals surface area contributed by atoms with Crippen LogP contribution in [-0.4, -0.2) is 4.98 Å². The zero-order valence-electron chi connectivity index (χ0n) is 6.08. The molecule has 12 heavy (non-hydrogen) atoms. The standard InChI is InChI=1S/C5H5N.5ClH.H3P/c1-2-4-6-5-3-1;;;;;;/h1-5H;5*1H;1H3. The van der Waals surface area contributed by atoms with Gasteiger partial charge in [-0.3, -0.25) is 4.98 Å². The molecule has 0 spiro atoms. The first kappa shape index (κ1) is 38.2. The van der Waals surface area contributed by atoms with Crippen molar-refractivity contribution >= 4 is 71.9 Å². The van der Waals surface area contributed by atoms with E-state index < -0.39 is 0 Å². The summed E-state index contributed by atoms with van der Waals surface area (Å²) in [5, 5.41) is 0. The van der Waals surface area contributed by atoms with Crippen LogP contribution in [0.4, 0.5) is 0 Å². The Balaban J connectivity index is -0.0000000150. The molecule has 0 saturated heterocycles. The third-order valence-corrected chi connectivity index (χ3v) is 0.566. The summed E-state index contributed by atoms with van der Waals surface area (Å²) in [6.45, 7) is 0. The second kappa shape index (κ2) is 29.6. The van der Waals surface area contributed by atoms with Gasteiger partial charge in [-0.1, -0.05) is 6.07 Å². The second-order valence-corrected chi connectivity index (χ2v) is 1.02. The van der Waals surface area contributed by atoms with Crippen molar-refractivity contribution in [3.8, 4) is 0 Å². The fraction of sp³-hybridized carbons (Fsp3) is 0. The fourth-order valence-electron chi connectivity index (χ4n) is 0.313. The molecule has 1 unspecified atom stereocenters. The van der Waals surface area contributed by atoms with E-state index >= 15 is 0 Å². The van der Waals surface area contributed by atoms with Gasteiger partial charge < -0.3 is 0 Å². The van der Waals surface area contributed by atoms with Gasteiger partial charge in [0.15, 0.2) is 0 Å². The Morgan fingerprint density at radius 1 is 0.583 bits per heavy atom. The molecule has 78 valence electrons. The molecule has 1 aromatic heterocycles. The molecule has 0 fully saturated rings. The van der Waals surface area contributed by atoms with E-state index in [2.05, 4.69) is 4.98 Å². The fourth-order valence-corrected chi connectivity index (χ4v) is 0.313. The summed E-state index contributed by atoms with van der Waals surface area (Å²) in [7, 11) is 0. The minimum absolute atomic E-state index is 0. The molecular formula is C5H13Cl5NP. The predicted octanol–water partition coefficient (Wildman–Crippen LogP) is 3.25. The molecule has 0 amide bonds. The topological polar surface area (TPSA) is 12.9 Å². The molecule has 0 N–H and O–H groups in total. The van der Waals surface area contributed by atoms with Gasteiger partial charge in [0, 0.05) is 12.4 Å². The summed E-state index contributed by atoms with van der Waals surface area (Å²) >= 11 is 0. The van der Waals surface area contributed by atoms with Gasteiger partial charge in [-0.05, 0) is 12.1 Å². The molecule has 1 heterocycles. The largest absolute Gasteiger partial charge is 0.265 e. The molecule has 0 aliphatic carbocycles. The lowest BCUT2D eigenvalue weighted by molar-refractivity contribution is 1.33. The van der Waals surface area contributed by atoms with Crippen LogP contribution in [0.25, 0.3) is 0 Å². The van der Waals surface area contributed by atoms with Crippen LogP contribution in [0.5, 0.6) is 0 Å². The maximum absolute atomic E-state index is 3.78. The van der Waals surface area contributed by atoms with Gasteiger partial charge in [0.1, 0.15) is 0 Å². The second-order valence-electron chi connectivity index (χ2n) is 1.02. The van der Waals surface area contributed by atoms with Crippen LogP contribution in [0.3, 0.4) is 0 Å². The molecule has 7 heteroatoms. The Hall–Kier alpha value is 1.03. The number of aromatic nitrogens is 1. The Morgan fingerprint density at radius 3 is 1.00 bits per heavy atom. The molecule has 1 atom stereocenters. The SMILES string of the molecule is Cl.Cl.Cl.Cl.Cl.P.c1ccncc1. The van der Waals surface area contributed by atoms with Crippen molar-refractivity contribution in [2.24, 2.45) is 0 Å². The lowest BCUT2D eigenvalue weighted by atomic mass is 10.5. The van der Waals surface area contributed by atoms with Gasteiger partial charge in [-0.2, -0.15) is 9.90 Å². The highest BCUT2D eigenvalue weighted by molar-refractivity contribution is 6.92. The van der Waals surface area contributed by atoms with E-state index in [4.69, 9.17) is 0 Å². The molecule has 1 aromatic rings. The molecule has 1 rings (SSSR count). The van der Waals surface area contributed by atoms with E-state index in [1.807, 2.05) is 18.2 Å². The van der Waals surface area contributed by atoms with Gasteiger partial charge in [-0.15, -0.1) is 62.0 Å².